The summed E-state index contributed by atoms with van der Waals surface area (Å²) in [6, 6.07) is 8.70. The molecule has 0 aliphatic heterocycles. The average Bonchev–Trinajstić information content (AvgIpc) is 2.50. The van der Waals surface area contributed by atoms with E-state index in [0.717, 1.165) is 29.5 Å². The molecule has 126 valence electrons. The van der Waals surface area contributed by atoms with Crippen LogP contribution >= 0.6 is 0 Å². The maximum atomic E-state index is 12.3. The van der Waals surface area contributed by atoms with Crippen LogP contribution in [0.25, 0.3) is 0 Å². The van der Waals surface area contributed by atoms with Crippen LogP contribution < -0.4 is 5.32 Å². The maximum Gasteiger partial charge on any atom is 0.288 e. The summed E-state index contributed by atoms with van der Waals surface area (Å²) in [7, 11) is -3.77. The van der Waals surface area contributed by atoms with Crippen molar-refractivity contribution in [2.75, 3.05) is 11.6 Å². The monoisotopic (exact) mass is 348 g/mol. The summed E-state index contributed by atoms with van der Waals surface area (Å²) in [6.45, 7) is 3.75. The van der Waals surface area contributed by atoms with E-state index in [0.29, 0.717) is 5.69 Å². The fourth-order valence-electron chi connectivity index (χ4n) is 2.20. The zero-order valence-corrected chi connectivity index (χ0v) is 14.2. The Labute approximate surface area is 139 Å². The maximum absolute atomic E-state index is 12.3. The highest BCUT2D eigenvalue weighted by Gasteiger charge is 2.24. The van der Waals surface area contributed by atoms with Crippen molar-refractivity contribution in [3.8, 4) is 0 Å². The van der Waals surface area contributed by atoms with E-state index >= 15 is 0 Å². The Morgan fingerprint density at radius 3 is 2.42 bits per heavy atom. The van der Waals surface area contributed by atoms with Gasteiger partial charge in [0.1, 0.15) is 4.90 Å². The second-order valence-corrected chi connectivity index (χ2v) is 7.40. The summed E-state index contributed by atoms with van der Waals surface area (Å²) >= 11 is 0. The van der Waals surface area contributed by atoms with Crippen molar-refractivity contribution in [1.82, 2.24) is 0 Å². The lowest BCUT2D eigenvalue weighted by atomic mass is 10.1. The van der Waals surface area contributed by atoms with Gasteiger partial charge in [-0.05, 0) is 43.2 Å². The predicted octanol–water partition coefficient (Wildman–Crippen LogP) is 2.87. The minimum absolute atomic E-state index is 0.00926. The van der Waals surface area contributed by atoms with Crippen molar-refractivity contribution in [3.05, 3.63) is 63.2 Å². The van der Waals surface area contributed by atoms with E-state index in [1.807, 2.05) is 19.9 Å². The zero-order chi connectivity index (χ0) is 18.1. The van der Waals surface area contributed by atoms with Crippen molar-refractivity contribution in [1.29, 1.82) is 0 Å². The third-order valence-corrected chi connectivity index (χ3v) is 4.81. The van der Waals surface area contributed by atoms with Gasteiger partial charge in [0.25, 0.3) is 11.6 Å². The van der Waals surface area contributed by atoms with Crippen LogP contribution in [0.5, 0.6) is 0 Å². The second kappa shape index (κ2) is 6.40. The molecule has 0 radical (unpaired) electrons. The number of nitro groups is 1. The second-order valence-electron chi connectivity index (χ2n) is 5.41. The van der Waals surface area contributed by atoms with Gasteiger partial charge in [0.05, 0.1) is 4.92 Å². The molecule has 2 aromatic carbocycles. The van der Waals surface area contributed by atoms with Crippen LogP contribution in [-0.4, -0.2) is 25.5 Å². The first-order valence-corrected chi connectivity index (χ1v) is 8.86. The minimum atomic E-state index is -3.77. The summed E-state index contributed by atoms with van der Waals surface area (Å²) in [6.07, 6.45) is 0.880. The number of anilines is 1. The van der Waals surface area contributed by atoms with Crippen LogP contribution in [0.2, 0.25) is 0 Å². The largest absolute Gasteiger partial charge is 0.322 e. The molecule has 0 saturated carbocycles. The van der Waals surface area contributed by atoms with Crippen LogP contribution in [-0.2, 0) is 9.84 Å². The molecule has 8 heteroatoms. The first kappa shape index (κ1) is 17.6. The van der Waals surface area contributed by atoms with Crippen LogP contribution in [0.3, 0.4) is 0 Å². The average molecular weight is 348 g/mol. The molecule has 0 aliphatic rings. The number of carbonyl (C=O) groups excluding carboxylic acids is 1. The van der Waals surface area contributed by atoms with E-state index in [2.05, 4.69) is 5.32 Å². The highest BCUT2D eigenvalue weighted by molar-refractivity contribution is 7.90. The molecule has 0 saturated heterocycles. The first-order chi connectivity index (χ1) is 11.1. The summed E-state index contributed by atoms with van der Waals surface area (Å²) in [5, 5.41) is 13.8. The van der Waals surface area contributed by atoms with Crippen LogP contribution in [0.4, 0.5) is 11.4 Å². The fraction of sp³-hybridized carbons (Fsp3) is 0.188. The molecule has 0 aromatic heterocycles. The molecule has 0 spiro atoms. The molecular formula is C16H16N2O5S. The summed E-state index contributed by atoms with van der Waals surface area (Å²) in [5.74, 6) is -0.549. The summed E-state index contributed by atoms with van der Waals surface area (Å²) in [5.41, 5.74) is 1.86. The number of amides is 1. The van der Waals surface area contributed by atoms with Gasteiger partial charge in [-0.15, -0.1) is 0 Å². The van der Waals surface area contributed by atoms with Gasteiger partial charge in [-0.2, -0.15) is 0 Å². The topological polar surface area (TPSA) is 106 Å². The van der Waals surface area contributed by atoms with Crippen molar-refractivity contribution >= 4 is 27.1 Å². The molecule has 0 aliphatic carbocycles. The molecular weight excluding hydrogens is 332 g/mol. The van der Waals surface area contributed by atoms with Gasteiger partial charge in [0.2, 0.25) is 0 Å². The zero-order valence-electron chi connectivity index (χ0n) is 13.4. The molecule has 1 amide bonds. The highest BCUT2D eigenvalue weighted by atomic mass is 32.2. The standard InChI is InChI=1S/C16H16N2O5S/c1-10-5-4-6-13(11(10)2)17-16(19)12-7-8-15(24(3,22)23)14(9-12)18(20)21/h4-9H,1-3H3,(H,17,19). The number of hydrogen-bond donors (Lipinski definition) is 1. The number of nitrogens with one attached hydrogen (secondary N) is 1. The SMILES string of the molecule is Cc1cccc(NC(=O)c2ccc(S(C)(=O)=O)c([N+](=O)[O-])c2)c1C. The molecule has 0 fully saturated rings. The Kier molecular flexibility index (Phi) is 4.70. The molecule has 0 bridgehead atoms. The molecule has 0 heterocycles. The lowest BCUT2D eigenvalue weighted by Crippen LogP contribution is -2.14. The number of nitrogens with zero attached hydrogens (tertiary/aromatic N) is 1. The van der Waals surface area contributed by atoms with Crippen molar-refractivity contribution in [2.24, 2.45) is 0 Å². The third-order valence-electron chi connectivity index (χ3n) is 3.67. The Morgan fingerprint density at radius 1 is 1.17 bits per heavy atom. The van der Waals surface area contributed by atoms with Gasteiger partial charge >= 0.3 is 0 Å². The van der Waals surface area contributed by atoms with Crippen molar-refractivity contribution in [2.45, 2.75) is 18.7 Å². The Bertz CT molecular complexity index is 935. The number of nitro benzene ring substituents is 1. The van der Waals surface area contributed by atoms with E-state index in [9.17, 15) is 23.3 Å². The smallest absolute Gasteiger partial charge is 0.288 e. The number of rotatable bonds is 4. The normalized spacial score (nSPS) is 11.1. The van der Waals surface area contributed by atoms with Gasteiger partial charge in [-0.3, -0.25) is 14.9 Å². The number of carbonyl (C=O) groups is 1. The Morgan fingerprint density at radius 2 is 1.83 bits per heavy atom. The van der Waals surface area contributed by atoms with Gasteiger partial charge in [0.15, 0.2) is 9.84 Å². The van der Waals surface area contributed by atoms with E-state index in [-0.39, 0.29) is 5.56 Å². The number of sulfone groups is 1. The summed E-state index contributed by atoms with van der Waals surface area (Å²) in [4.78, 5) is 22.2. The first-order valence-electron chi connectivity index (χ1n) is 6.97. The van der Waals surface area contributed by atoms with Gasteiger partial charge in [0, 0.05) is 23.6 Å². The Hall–Kier alpha value is -2.74. The third kappa shape index (κ3) is 3.60. The molecule has 0 unspecified atom stereocenters. The van der Waals surface area contributed by atoms with Crippen LogP contribution in [0, 0.1) is 24.0 Å². The highest BCUT2D eigenvalue weighted by Crippen LogP contribution is 2.26. The lowest BCUT2D eigenvalue weighted by Gasteiger charge is -2.10. The number of hydrogen-bond acceptors (Lipinski definition) is 5. The van der Waals surface area contributed by atoms with E-state index in [1.165, 1.54) is 6.07 Å². The number of benzene rings is 2. The van der Waals surface area contributed by atoms with Crippen LogP contribution in [0.1, 0.15) is 21.5 Å². The Balaban J connectivity index is 2.42. The molecule has 0 atom stereocenters. The minimum Gasteiger partial charge on any atom is -0.322 e. The lowest BCUT2D eigenvalue weighted by molar-refractivity contribution is -0.387. The van der Waals surface area contributed by atoms with Gasteiger partial charge in [-0.1, -0.05) is 12.1 Å². The molecule has 2 rings (SSSR count). The van der Waals surface area contributed by atoms with Gasteiger partial charge in [-0.25, -0.2) is 8.42 Å². The quantitative estimate of drug-likeness (QED) is 0.675. The van der Waals surface area contributed by atoms with Crippen LogP contribution in [0.15, 0.2) is 41.3 Å². The van der Waals surface area contributed by atoms with Crippen molar-refractivity contribution in [3.63, 3.8) is 0 Å². The van der Waals surface area contributed by atoms with Crippen molar-refractivity contribution < 1.29 is 18.1 Å². The molecule has 2 aromatic rings. The molecule has 7 nitrogen and oxygen atoms in total. The summed E-state index contributed by atoms with van der Waals surface area (Å²) < 4.78 is 23.2. The molecule has 24 heavy (non-hydrogen) atoms. The van der Waals surface area contributed by atoms with Gasteiger partial charge < -0.3 is 5.32 Å². The molecule has 1 N–H and O–H groups in total. The predicted molar refractivity (Wildman–Crippen MR) is 90.1 cm³/mol. The number of aryl methyl sites for hydroxylation is 1. The fourth-order valence-corrected chi connectivity index (χ4v) is 3.02. The van der Waals surface area contributed by atoms with E-state index in [4.69, 9.17) is 0 Å². The van der Waals surface area contributed by atoms with E-state index < -0.39 is 31.3 Å². The van der Waals surface area contributed by atoms with E-state index in [1.54, 1.807) is 12.1 Å².